The molecule has 0 spiro atoms. The third-order valence-electron chi connectivity index (χ3n) is 3.42. The molecule has 0 atom stereocenters. The van der Waals surface area contributed by atoms with Crippen LogP contribution in [0.25, 0.3) is 0 Å². The van der Waals surface area contributed by atoms with Gasteiger partial charge in [-0.2, -0.15) is 0 Å². The minimum absolute atomic E-state index is 0.156. The predicted octanol–water partition coefficient (Wildman–Crippen LogP) is 2.61. The van der Waals surface area contributed by atoms with E-state index in [4.69, 9.17) is 4.74 Å². The number of phenolic OH excluding ortho intramolecular Hbond substituents is 1. The number of hydrogen-bond donors (Lipinski definition) is 2. The minimum Gasteiger partial charge on any atom is -0.504 e. The summed E-state index contributed by atoms with van der Waals surface area (Å²) in [4.78, 5) is 6.52. The molecule has 2 rings (SSSR count). The molecule has 5 heteroatoms. The number of aliphatic imine (C=N–C) groups is 1. The lowest BCUT2D eigenvalue weighted by atomic mass is 10.2. The number of hydrogen-bond acceptors (Lipinski definition) is 3. The number of benzene rings is 2. The van der Waals surface area contributed by atoms with Crippen LogP contribution in [0.1, 0.15) is 11.1 Å². The van der Waals surface area contributed by atoms with Crippen molar-refractivity contribution in [2.75, 3.05) is 21.2 Å². The van der Waals surface area contributed by atoms with E-state index in [2.05, 4.69) is 10.3 Å². The average molecular weight is 313 g/mol. The molecule has 0 fully saturated rings. The topological polar surface area (TPSA) is 57.1 Å². The standard InChI is InChI=1S/C18H23N3O2/c1-21(2)18(19-12-14-8-5-4-6-9-14)20-13-15-10-7-11-16(23-3)17(15)22/h4-11,22H,12-13H2,1-3H3,(H,19,20). The zero-order chi connectivity index (χ0) is 16.7. The normalized spacial score (nSPS) is 11.2. The molecule has 0 aromatic heterocycles. The van der Waals surface area contributed by atoms with E-state index in [1.54, 1.807) is 13.2 Å². The lowest BCUT2D eigenvalue weighted by molar-refractivity contribution is 0.370. The van der Waals surface area contributed by atoms with Crippen LogP contribution in [0, 0.1) is 0 Å². The summed E-state index contributed by atoms with van der Waals surface area (Å²) in [5.41, 5.74) is 1.91. The van der Waals surface area contributed by atoms with Crippen LogP contribution < -0.4 is 10.1 Å². The Morgan fingerprint density at radius 3 is 2.52 bits per heavy atom. The van der Waals surface area contributed by atoms with Crippen LogP contribution in [0.4, 0.5) is 0 Å². The number of nitrogens with one attached hydrogen (secondary N) is 1. The van der Waals surface area contributed by atoms with E-state index in [1.165, 1.54) is 0 Å². The number of ether oxygens (including phenoxy) is 1. The Morgan fingerprint density at radius 1 is 1.13 bits per heavy atom. The van der Waals surface area contributed by atoms with Crippen LogP contribution >= 0.6 is 0 Å². The van der Waals surface area contributed by atoms with E-state index in [9.17, 15) is 5.11 Å². The summed E-state index contributed by atoms with van der Waals surface area (Å²) >= 11 is 0. The first-order chi connectivity index (χ1) is 11.1. The van der Waals surface area contributed by atoms with Gasteiger partial charge in [0.2, 0.25) is 0 Å². The molecule has 0 aliphatic carbocycles. The third kappa shape index (κ3) is 4.64. The van der Waals surface area contributed by atoms with Crippen LogP contribution in [0.2, 0.25) is 0 Å². The maximum Gasteiger partial charge on any atom is 0.194 e. The highest BCUT2D eigenvalue weighted by molar-refractivity contribution is 5.79. The van der Waals surface area contributed by atoms with Crippen LogP contribution in [-0.4, -0.2) is 37.2 Å². The molecular formula is C18H23N3O2. The summed E-state index contributed by atoms with van der Waals surface area (Å²) in [7, 11) is 5.41. The highest BCUT2D eigenvalue weighted by atomic mass is 16.5. The lowest BCUT2D eigenvalue weighted by Crippen LogP contribution is -2.36. The molecule has 2 N–H and O–H groups in total. The number of para-hydroxylation sites is 1. The van der Waals surface area contributed by atoms with Gasteiger partial charge in [0, 0.05) is 26.2 Å². The molecule has 122 valence electrons. The number of guanidine groups is 1. The Bertz CT molecular complexity index is 655. The first kappa shape index (κ1) is 16.7. The highest BCUT2D eigenvalue weighted by Gasteiger charge is 2.08. The molecule has 0 saturated heterocycles. The predicted molar refractivity (Wildman–Crippen MR) is 92.8 cm³/mol. The highest BCUT2D eigenvalue weighted by Crippen LogP contribution is 2.29. The van der Waals surface area contributed by atoms with Crippen molar-refractivity contribution in [1.29, 1.82) is 0 Å². The SMILES string of the molecule is COc1cccc(CNC(=NCc2ccccc2)N(C)C)c1O. The van der Waals surface area contributed by atoms with Crippen LogP contribution in [0.3, 0.4) is 0 Å². The van der Waals surface area contributed by atoms with E-state index in [-0.39, 0.29) is 5.75 Å². The number of methoxy groups -OCH3 is 1. The molecule has 0 amide bonds. The average Bonchev–Trinajstić information content (AvgIpc) is 2.56. The van der Waals surface area contributed by atoms with Crippen molar-refractivity contribution < 1.29 is 9.84 Å². The van der Waals surface area contributed by atoms with Crippen LogP contribution in [0.15, 0.2) is 53.5 Å². The monoisotopic (exact) mass is 313 g/mol. The van der Waals surface area contributed by atoms with Crippen LogP contribution in [0.5, 0.6) is 11.5 Å². The Balaban J connectivity index is 2.06. The van der Waals surface area contributed by atoms with E-state index in [1.807, 2.05) is 61.5 Å². The van der Waals surface area contributed by atoms with E-state index >= 15 is 0 Å². The fourth-order valence-corrected chi connectivity index (χ4v) is 2.15. The first-order valence-electron chi connectivity index (χ1n) is 7.46. The molecule has 2 aromatic rings. The number of aromatic hydroxyl groups is 1. The van der Waals surface area contributed by atoms with Crippen LogP contribution in [-0.2, 0) is 13.1 Å². The summed E-state index contributed by atoms with van der Waals surface area (Å²) in [6.45, 7) is 1.07. The molecule has 2 aromatic carbocycles. The maximum atomic E-state index is 10.1. The van der Waals surface area contributed by atoms with Gasteiger partial charge < -0.3 is 20.1 Å². The zero-order valence-electron chi connectivity index (χ0n) is 13.8. The van der Waals surface area contributed by atoms with Crippen molar-refractivity contribution in [2.24, 2.45) is 4.99 Å². The summed E-state index contributed by atoms with van der Waals surface area (Å²) in [5, 5.41) is 13.4. The smallest absolute Gasteiger partial charge is 0.194 e. The maximum absolute atomic E-state index is 10.1. The molecule has 0 heterocycles. The van der Waals surface area contributed by atoms with Crippen molar-refractivity contribution in [2.45, 2.75) is 13.1 Å². The first-order valence-corrected chi connectivity index (χ1v) is 7.46. The van der Waals surface area contributed by atoms with E-state index < -0.39 is 0 Å². The van der Waals surface area contributed by atoms with Crippen molar-refractivity contribution >= 4 is 5.96 Å². The van der Waals surface area contributed by atoms with Gasteiger partial charge in [-0.15, -0.1) is 0 Å². The second kappa shape index (κ2) is 8.08. The van der Waals surface area contributed by atoms with Crippen molar-refractivity contribution in [3.63, 3.8) is 0 Å². The third-order valence-corrected chi connectivity index (χ3v) is 3.42. The van der Waals surface area contributed by atoms with Gasteiger partial charge in [0.1, 0.15) is 0 Å². The van der Waals surface area contributed by atoms with Gasteiger partial charge in [-0.3, -0.25) is 0 Å². The van der Waals surface area contributed by atoms with Crippen molar-refractivity contribution in [3.05, 3.63) is 59.7 Å². The number of rotatable bonds is 5. The van der Waals surface area contributed by atoms with Gasteiger partial charge in [0.05, 0.1) is 13.7 Å². The Kier molecular flexibility index (Phi) is 5.86. The second-order valence-corrected chi connectivity index (χ2v) is 5.34. The molecule has 0 saturated carbocycles. The molecule has 5 nitrogen and oxygen atoms in total. The molecule has 0 radical (unpaired) electrons. The number of phenols is 1. The largest absolute Gasteiger partial charge is 0.504 e. The summed E-state index contributed by atoms with van der Waals surface area (Å²) < 4.78 is 5.13. The molecular weight excluding hydrogens is 290 g/mol. The Morgan fingerprint density at radius 2 is 1.87 bits per heavy atom. The van der Waals surface area contributed by atoms with Gasteiger partial charge in [-0.05, 0) is 11.6 Å². The van der Waals surface area contributed by atoms with Gasteiger partial charge in [-0.25, -0.2) is 4.99 Å². The quantitative estimate of drug-likeness (QED) is 0.658. The summed E-state index contributed by atoms with van der Waals surface area (Å²) in [6, 6.07) is 15.5. The minimum atomic E-state index is 0.156. The number of nitrogens with zero attached hydrogens (tertiary/aromatic N) is 2. The van der Waals surface area contributed by atoms with Gasteiger partial charge in [0.15, 0.2) is 17.5 Å². The molecule has 0 aliphatic heterocycles. The zero-order valence-corrected chi connectivity index (χ0v) is 13.8. The Hall–Kier alpha value is -2.69. The van der Waals surface area contributed by atoms with Gasteiger partial charge in [-0.1, -0.05) is 42.5 Å². The van der Waals surface area contributed by atoms with Crippen molar-refractivity contribution in [1.82, 2.24) is 10.2 Å². The molecule has 0 unspecified atom stereocenters. The van der Waals surface area contributed by atoms with E-state index in [0.717, 1.165) is 17.1 Å². The van der Waals surface area contributed by atoms with Gasteiger partial charge >= 0.3 is 0 Å². The second-order valence-electron chi connectivity index (χ2n) is 5.34. The van der Waals surface area contributed by atoms with Crippen molar-refractivity contribution in [3.8, 4) is 11.5 Å². The fourth-order valence-electron chi connectivity index (χ4n) is 2.15. The fraction of sp³-hybridized carbons (Fsp3) is 0.278. The summed E-state index contributed by atoms with van der Waals surface area (Å²) in [6.07, 6.45) is 0. The van der Waals surface area contributed by atoms with Gasteiger partial charge in [0.25, 0.3) is 0 Å². The molecule has 0 aliphatic rings. The van der Waals surface area contributed by atoms with E-state index in [0.29, 0.717) is 18.8 Å². The summed E-state index contributed by atoms with van der Waals surface area (Å²) in [5.74, 6) is 1.39. The lowest BCUT2D eigenvalue weighted by Gasteiger charge is -2.18. The molecule has 0 bridgehead atoms. The Labute approximate surface area is 137 Å². The molecule has 23 heavy (non-hydrogen) atoms.